The van der Waals surface area contributed by atoms with Crippen molar-refractivity contribution in [3.05, 3.63) is 0 Å². The van der Waals surface area contributed by atoms with Crippen molar-refractivity contribution in [1.82, 2.24) is 0 Å². The van der Waals surface area contributed by atoms with Crippen molar-refractivity contribution in [1.29, 1.82) is 0 Å². The molecule has 0 aromatic heterocycles. The quantitative estimate of drug-likeness (QED) is 0.237. The van der Waals surface area contributed by atoms with E-state index in [1.807, 2.05) is 0 Å². The van der Waals surface area contributed by atoms with E-state index in [1.54, 1.807) is 0 Å². The van der Waals surface area contributed by atoms with Gasteiger partial charge in [-0.15, -0.1) is 0 Å². The van der Waals surface area contributed by atoms with E-state index in [0.29, 0.717) is 0 Å². The molecule has 0 unspecified atom stereocenters. The van der Waals surface area contributed by atoms with Crippen LogP contribution in [0.15, 0.2) is 0 Å². The first-order valence-electron chi connectivity index (χ1n) is 1.34. The molecule has 9 heavy (non-hydrogen) atoms. The molecule has 0 aliphatic rings. The van der Waals surface area contributed by atoms with Crippen LogP contribution in [0.25, 0.3) is 0 Å². The Balaban J connectivity index is 0. The van der Waals surface area contributed by atoms with Gasteiger partial charge in [-0.25, -0.2) is 12.6 Å². The smallest absolute Gasteiger partial charge is 0.725 e. The van der Waals surface area contributed by atoms with Crippen molar-refractivity contribution < 1.29 is 44.8 Å². The van der Waals surface area contributed by atoms with Gasteiger partial charge < -0.3 is 4.55 Å². The molecule has 50 valence electrons. The van der Waals surface area contributed by atoms with E-state index in [2.05, 4.69) is 4.18 Å². The molecule has 0 amide bonds. The summed E-state index contributed by atoms with van der Waals surface area (Å²) in [5, 5.41) is 0. The van der Waals surface area contributed by atoms with Crippen LogP contribution in [0, 0.1) is 0 Å². The van der Waals surface area contributed by atoms with Crippen molar-refractivity contribution in [2.24, 2.45) is 0 Å². The van der Waals surface area contributed by atoms with Crippen LogP contribution in [-0.2, 0) is 14.6 Å². The van der Waals surface area contributed by atoms with Crippen LogP contribution in [0.3, 0.4) is 0 Å². The topological polar surface area (TPSA) is 66.4 Å². The van der Waals surface area contributed by atoms with Gasteiger partial charge in [-0.3, -0.25) is 0 Å². The van der Waals surface area contributed by atoms with Gasteiger partial charge in [0.2, 0.25) is 10.4 Å². The number of alkyl halides is 2. The van der Waals surface area contributed by atoms with Crippen LogP contribution < -0.4 is 18.9 Å². The Kier molecular flexibility index (Phi) is 5.61. The molecule has 0 fully saturated rings. The van der Waals surface area contributed by atoms with Gasteiger partial charge >= 0.3 is 25.5 Å². The summed E-state index contributed by atoms with van der Waals surface area (Å²) in [5.41, 5.74) is 0. The second-order valence-electron chi connectivity index (χ2n) is 0.765. The Labute approximate surface area is 62.3 Å². The fraction of sp³-hybridized carbons (Fsp3) is 1.00. The molecule has 0 N–H and O–H groups in total. The van der Waals surface area contributed by atoms with Gasteiger partial charge in [-0.1, -0.05) is 0 Å². The van der Waals surface area contributed by atoms with Gasteiger partial charge in [0, 0.05) is 0 Å². The largest absolute Gasteiger partial charge is 1.00 e. The minimum Gasteiger partial charge on any atom is -0.725 e. The Morgan fingerprint density at radius 3 is 1.78 bits per heavy atom. The Hall–Kier alpha value is 0.327. The minimum atomic E-state index is -5.22. The summed E-state index contributed by atoms with van der Waals surface area (Å²) in [7, 11) is -5.22. The molecule has 0 spiro atoms. The minimum absolute atomic E-state index is 0. The predicted octanol–water partition coefficient (Wildman–Crippen LogP) is -3.31. The van der Waals surface area contributed by atoms with Crippen molar-refractivity contribution in [2.75, 3.05) is 0 Å². The van der Waals surface area contributed by atoms with E-state index in [4.69, 9.17) is 0 Å². The molecule has 0 aromatic carbocycles. The Morgan fingerprint density at radius 2 is 1.78 bits per heavy atom. The standard InChI is InChI=1S/CH2F2O4S.Li/c2-1(3)7-8(4,5)6;/h1H,(H,4,5,6);/q;+1/p-1. The SMILES string of the molecule is O=S(=O)([O-])OC(F)F.[Li+]. The van der Waals surface area contributed by atoms with Gasteiger partial charge in [-0.05, 0) is 0 Å². The summed E-state index contributed by atoms with van der Waals surface area (Å²) in [6.07, 6.45) is 0. The molecule has 0 aliphatic heterocycles. The summed E-state index contributed by atoms with van der Waals surface area (Å²) in [5.74, 6) is 0. The van der Waals surface area contributed by atoms with Gasteiger partial charge in [0.15, 0.2) is 0 Å². The maximum atomic E-state index is 10.7. The molecule has 0 aromatic rings. The van der Waals surface area contributed by atoms with E-state index in [0.717, 1.165) is 0 Å². The van der Waals surface area contributed by atoms with Crippen molar-refractivity contribution in [3.8, 4) is 0 Å². The number of halogens is 2. The molecular formula is CHF2LiO4S. The first-order valence-corrected chi connectivity index (χ1v) is 2.67. The maximum Gasteiger partial charge on any atom is 1.00 e. The molecule has 0 saturated carbocycles. The first-order chi connectivity index (χ1) is 3.42. The molecule has 0 aliphatic carbocycles. The van der Waals surface area contributed by atoms with Crippen LogP contribution in [0.1, 0.15) is 0 Å². The summed E-state index contributed by atoms with van der Waals surface area (Å²) in [4.78, 5) is 0. The van der Waals surface area contributed by atoms with Gasteiger partial charge in [-0.2, -0.15) is 8.78 Å². The predicted molar refractivity (Wildman–Crippen MR) is 16.8 cm³/mol. The van der Waals surface area contributed by atoms with E-state index < -0.39 is 17.0 Å². The zero-order valence-electron chi connectivity index (χ0n) is 4.37. The zero-order chi connectivity index (χ0) is 6.78. The van der Waals surface area contributed by atoms with Gasteiger partial charge in [0.05, 0.1) is 0 Å². The third-order valence-electron chi connectivity index (χ3n) is 0.191. The summed E-state index contributed by atoms with van der Waals surface area (Å²) >= 11 is 0. The summed E-state index contributed by atoms with van der Waals surface area (Å²) in [6, 6.07) is 0. The first kappa shape index (κ1) is 12.0. The van der Waals surface area contributed by atoms with E-state index >= 15 is 0 Å². The average molecular weight is 154 g/mol. The molecule has 0 rings (SSSR count). The molecule has 4 nitrogen and oxygen atoms in total. The fourth-order valence-electron chi connectivity index (χ4n) is 0.0891. The third kappa shape index (κ3) is 11.7. The molecule has 8 heteroatoms. The third-order valence-corrected chi connectivity index (χ3v) is 0.572. The van der Waals surface area contributed by atoms with Crippen molar-refractivity contribution >= 4 is 10.4 Å². The van der Waals surface area contributed by atoms with Gasteiger partial charge in [0.1, 0.15) is 0 Å². The summed E-state index contributed by atoms with van der Waals surface area (Å²) in [6.45, 7) is -3.56. The van der Waals surface area contributed by atoms with Crippen LogP contribution in [0.2, 0.25) is 0 Å². The van der Waals surface area contributed by atoms with E-state index in [9.17, 15) is 21.8 Å². The molecule has 0 heterocycles. The second kappa shape index (κ2) is 4.19. The number of hydrogen-bond acceptors (Lipinski definition) is 4. The Bertz CT molecular complexity index is 152. The molecule has 0 atom stereocenters. The van der Waals surface area contributed by atoms with Crippen LogP contribution in [0.4, 0.5) is 8.78 Å². The van der Waals surface area contributed by atoms with E-state index in [-0.39, 0.29) is 18.9 Å². The van der Waals surface area contributed by atoms with Crippen LogP contribution >= 0.6 is 0 Å². The maximum absolute atomic E-state index is 10.7. The molecule has 0 radical (unpaired) electrons. The monoisotopic (exact) mass is 154 g/mol. The van der Waals surface area contributed by atoms with Crippen molar-refractivity contribution in [3.63, 3.8) is 0 Å². The van der Waals surface area contributed by atoms with Crippen LogP contribution in [0.5, 0.6) is 0 Å². The second-order valence-corrected chi connectivity index (χ2v) is 1.77. The average Bonchev–Trinajstić information content (AvgIpc) is 1.21. The summed E-state index contributed by atoms with van der Waals surface area (Å²) < 4.78 is 51.5. The van der Waals surface area contributed by atoms with Gasteiger partial charge in [0.25, 0.3) is 0 Å². The number of rotatable bonds is 2. The zero-order valence-corrected chi connectivity index (χ0v) is 5.19. The fourth-order valence-corrected chi connectivity index (χ4v) is 0.267. The number of hydrogen-bond donors (Lipinski definition) is 0. The normalized spacial score (nSPS) is 11.1. The van der Waals surface area contributed by atoms with Crippen LogP contribution in [-0.4, -0.2) is 19.6 Å². The molecular weight excluding hydrogens is 153 g/mol. The molecule has 0 bridgehead atoms. The van der Waals surface area contributed by atoms with Crippen molar-refractivity contribution in [2.45, 2.75) is 6.61 Å². The Morgan fingerprint density at radius 1 is 1.44 bits per heavy atom. The van der Waals surface area contributed by atoms with E-state index in [1.165, 1.54) is 0 Å². The molecule has 0 saturated heterocycles.